The molecule has 6 heteroatoms. The zero-order valence-electron chi connectivity index (χ0n) is 10.8. The molecule has 0 heterocycles. The highest BCUT2D eigenvalue weighted by molar-refractivity contribution is 6.60. The van der Waals surface area contributed by atoms with Gasteiger partial charge >= 0.3 is 8.80 Å². The van der Waals surface area contributed by atoms with E-state index in [1.165, 1.54) is 0 Å². The van der Waals surface area contributed by atoms with Crippen LogP contribution in [-0.4, -0.2) is 49.9 Å². The van der Waals surface area contributed by atoms with Crippen molar-refractivity contribution in [2.24, 2.45) is 5.73 Å². The Morgan fingerprint density at radius 2 is 1.56 bits per heavy atom. The fourth-order valence-electron chi connectivity index (χ4n) is 1.60. The zero-order chi connectivity index (χ0) is 12.4. The van der Waals surface area contributed by atoms with Crippen LogP contribution in [0.15, 0.2) is 0 Å². The lowest BCUT2D eigenvalue weighted by molar-refractivity contribution is 0.0674. The van der Waals surface area contributed by atoms with E-state index in [0.717, 1.165) is 25.8 Å². The largest absolute Gasteiger partial charge is 0.502 e. The van der Waals surface area contributed by atoms with Gasteiger partial charge in [0.05, 0.1) is 6.10 Å². The molecule has 5 nitrogen and oxygen atoms in total. The van der Waals surface area contributed by atoms with E-state index >= 15 is 0 Å². The third kappa shape index (κ3) is 5.38. The van der Waals surface area contributed by atoms with Crippen molar-refractivity contribution in [1.82, 2.24) is 0 Å². The molecule has 0 aromatic heterocycles. The van der Waals surface area contributed by atoms with Gasteiger partial charge in [-0.2, -0.15) is 0 Å². The molecule has 2 N–H and O–H groups in total. The summed E-state index contributed by atoms with van der Waals surface area (Å²) in [6.45, 7) is 0.720. The SMILES string of the molecule is COC(CCCCN)C[Si](OC)(OC)OC. The van der Waals surface area contributed by atoms with Crippen LogP contribution in [0.5, 0.6) is 0 Å². The van der Waals surface area contributed by atoms with Gasteiger partial charge in [-0.15, -0.1) is 0 Å². The summed E-state index contributed by atoms with van der Waals surface area (Å²) in [6.07, 6.45) is 3.13. The van der Waals surface area contributed by atoms with Gasteiger partial charge in [-0.3, -0.25) is 0 Å². The number of unbranched alkanes of at least 4 members (excludes halogenated alkanes) is 1. The van der Waals surface area contributed by atoms with Gasteiger partial charge in [-0.05, 0) is 25.8 Å². The van der Waals surface area contributed by atoms with E-state index < -0.39 is 8.80 Å². The monoisotopic (exact) mass is 251 g/mol. The molecule has 0 aromatic rings. The van der Waals surface area contributed by atoms with Crippen molar-refractivity contribution in [1.29, 1.82) is 0 Å². The highest BCUT2D eigenvalue weighted by Gasteiger charge is 2.40. The first-order valence-electron chi connectivity index (χ1n) is 5.56. The normalized spacial score (nSPS) is 14.1. The van der Waals surface area contributed by atoms with Crippen molar-refractivity contribution in [2.45, 2.75) is 31.4 Å². The maximum Gasteiger partial charge on any atom is 0.502 e. The second-order valence-electron chi connectivity index (χ2n) is 3.64. The van der Waals surface area contributed by atoms with Crippen molar-refractivity contribution in [3.05, 3.63) is 0 Å². The average Bonchev–Trinajstić information content (AvgIpc) is 2.34. The van der Waals surface area contributed by atoms with Crippen LogP contribution < -0.4 is 5.73 Å². The van der Waals surface area contributed by atoms with Gasteiger partial charge in [0.2, 0.25) is 0 Å². The van der Waals surface area contributed by atoms with Crippen molar-refractivity contribution in [3.63, 3.8) is 0 Å². The highest BCUT2D eigenvalue weighted by Crippen LogP contribution is 2.20. The molecule has 98 valence electrons. The van der Waals surface area contributed by atoms with E-state index in [4.69, 9.17) is 23.7 Å². The fraction of sp³-hybridized carbons (Fsp3) is 1.00. The molecule has 0 fully saturated rings. The number of nitrogens with two attached hydrogens (primary N) is 1. The molecule has 0 saturated heterocycles. The summed E-state index contributed by atoms with van der Waals surface area (Å²) in [5.74, 6) is 0. The number of hydrogen-bond acceptors (Lipinski definition) is 5. The van der Waals surface area contributed by atoms with Gasteiger partial charge in [-0.1, -0.05) is 0 Å². The van der Waals surface area contributed by atoms with Crippen molar-refractivity contribution in [2.75, 3.05) is 35.0 Å². The lowest BCUT2D eigenvalue weighted by Crippen LogP contribution is -2.45. The minimum atomic E-state index is -2.52. The predicted molar refractivity (Wildman–Crippen MR) is 65.3 cm³/mol. The number of ether oxygens (including phenoxy) is 1. The van der Waals surface area contributed by atoms with E-state index in [0.29, 0.717) is 6.04 Å². The third-order valence-electron chi connectivity index (χ3n) is 2.72. The zero-order valence-corrected chi connectivity index (χ0v) is 11.8. The van der Waals surface area contributed by atoms with Crippen LogP contribution in [0.1, 0.15) is 19.3 Å². The van der Waals surface area contributed by atoms with E-state index in [9.17, 15) is 0 Å². The van der Waals surface area contributed by atoms with E-state index in [1.54, 1.807) is 28.4 Å². The van der Waals surface area contributed by atoms with Crippen molar-refractivity contribution >= 4 is 8.80 Å². The first kappa shape index (κ1) is 16.0. The molecule has 0 aliphatic carbocycles. The smallest absolute Gasteiger partial charge is 0.381 e. The summed E-state index contributed by atoms with van der Waals surface area (Å²) >= 11 is 0. The molecular formula is C10H25NO4Si. The maximum absolute atomic E-state index is 5.46. The molecule has 0 aromatic carbocycles. The van der Waals surface area contributed by atoms with Gasteiger partial charge in [-0.25, -0.2) is 0 Å². The van der Waals surface area contributed by atoms with Gasteiger partial charge < -0.3 is 23.7 Å². The Morgan fingerprint density at radius 1 is 1.00 bits per heavy atom. The van der Waals surface area contributed by atoms with Crippen LogP contribution in [0.3, 0.4) is 0 Å². The molecule has 0 amide bonds. The van der Waals surface area contributed by atoms with E-state index in [2.05, 4.69) is 0 Å². The van der Waals surface area contributed by atoms with E-state index in [1.807, 2.05) is 0 Å². The first-order valence-corrected chi connectivity index (χ1v) is 7.49. The Morgan fingerprint density at radius 3 is 1.94 bits per heavy atom. The van der Waals surface area contributed by atoms with Crippen LogP contribution in [0.4, 0.5) is 0 Å². The Bertz CT molecular complexity index is 159. The molecule has 1 unspecified atom stereocenters. The highest BCUT2D eigenvalue weighted by atomic mass is 28.4. The second kappa shape index (κ2) is 9.09. The Balaban J connectivity index is 4.15. The van der Waals surface area contributed by atoms with Crippen LogP contribution >= 0.6 is 0 Å². The minimum absolute atomic E-state index is 0.109. The molecule has 0 saturated carbocycles. The molecule has 16 heavy (non-hydrogen) atoms. The predicted octanol–water partition coefficient (Wildman–Crippen LogP) is 1.01. The Labute approximate surface area is 99.6 Å². The summed E-state index contributed by atoms with van der Waals surface area (Å²) < 4.78 is 21.5. The quantitative estimate of drug-likeness (QED) is 0.464. The lowest BCUT2D eigenvalue weighted by atomic mass is 10.2. The van der Waals surface area contributed by atoms with Crippen LogP contribution in [0.25, 0.3) is 0 Å². The van der Waals surface area contributed by atoms with Crippen LogP contribution in [-0.2, 0) is 18.0 Å². The van der Waals surface area contributed by atoms with E-state index in [-0.39, 0.29) is 6.10 Å². The second-order valence-corrected chi connectivity index (χ2v) is 6.64. The Kier molecular flexibility index (Phi) is 9.10. The maximum atomic E-state index is 5.46. The molecular weight excluding hydrogens is 226 g/mol. The van der Waals surface area contributed by atoms with Crippen LogP contribution in [0, 0.1) is 0 Å². The molecule has 0 spiro atoms. The van der Waals surface area contributed by atoms with Gasteiger partial charge in [0.25, 0.3) is 0 Å². The molecule has 0 radical (unpaired) electrons. The molecule has 0 bridgehead atoms. The summed E-state index contributed by atoms with van der Waals surface area (Å²) in [7, 11) is 4.03. The van der Waals surface area contributed by atoms with Crippen LogP contribution in [0.2, 0.25) is 6.04 Å². The van der Waals surface area contributed by atoms with Gasteiger partial charge in [0.15, 0.2) is 0 Å². The summed E-state index contributed by atoms with van der Waals surface area (Å²) in [5.41, 5.74) is 5.46. The summed E-state index contributed by atoms with van der Waals surface area (Å²) in [4.78, 5) is 0. The molecule has 1 atom stereocenters. The fourth-order valence-corrected chi connectivity index (χ4v) is 3.53. The molecule has 0 rings (SSSR count). The Hall–Kier alpha value is 0.0169. The van der Waals surface area contributed by atoms with Crippen molar-refractivity contribution < 1.29 is 18.0 Å². The summed E-state index contributed by atoms with van der Waals surface area (Å²) in [6, 6.07) is 0.678. The number of rotatable bonds is 10. The third-order valence-corrected chi connectivity index (χ3v) is 5.55. The number of methoxy groups -OCH3 is 1. The molecule has 0 aliphatic heterocycles. The average molecular weight is 251 g/mol. The topological polar surface area (TPSA) is 62.9 Å². The standard InChI is InChI=1S/C10H25NO4Si/c1-12-10(7-5-6-8-11)9-16(13-2,14-3)15-4/h10H,5-9,11H2,1-4H3. The molecule has 0 aliphatic rings. The van der Waals surface area contributed by atoms with Gasteiger partial charge in [0.1, 0.15) is 0 Å². The van der Waals surface area contributed by atoms with Crippen molar-refractivity contribution in [3.8, 4) is 0 Å². The summed E-state index contributed by atoms with van der Waals surface area (Å²) in [5, 5.41) is 0. The number of hydrogen-bond donors (Lipinski definition) is 1. The lowest BCUT2D eigenvalue weighted by Gasteiger charge is -2.28. The van der Waals surface area contributed by atoms with Gasteiger partial charge in [0, 0.05) is 34.5 Å². The first-order chi connectivity index (χ1) is 7.67. The minimum Gasteiger partial charge on any atom is -0.381 e.